The van der Waals surface area contributed by atoms with Crippen molar-refractivity contribution in [2.75, 3.05) is 26.2 Å². The zero-order valence-corrected chi connectivity index (χ0v) is 13.4. The number of ether oxygens (including phenoxy) is 1. The summed E-state index contributed by atoms with van der Waals surface area (Å²) in [5.74, 6) is 0. The van der Waals surface area contributed by atoms with Crippen LogP contribution in [-0.4, -0.2) is 48.5 Å². The minimum atomic E-state index is -4.28. The van der Waals surface area contributed by atoms with E-state index in [0.717, 1.165) is 43.6 Å². The molecule has 130 valence electrons. The van der Waals surface area contributed by atoms with E-state index >= 15 is 0 Å². The Morgan fingerprint density at radius 3 is 2.35 bits per heavy atom. The second-order valence-corrected chi connectivity index (χ2v) is 6.16. The topological polar surface area (TPSA) is 32.7 Å². The third-order valence-corrected chi connectivity index (χ3v) is 4.08. The highest BCUT2D eigenvalue weighted by Gasteiger charge is 2.29. The second-order valence-electron chi connectivity index (χ2n) is 6.16. The van der Waals surface area contributed by atoms with Crippen molar-refractivity contribution in [3.8, 4) is 0 Å². The van der Waals surface area contributed by atoms with E-state index in [1.54, 1.807) is 6.92 Å². The summed E-state index contributed by atoms with van der Waals surface area (Å²) in [4.78, 5) is 2.22. The van der Waals surface area contributed by atoms with E-state index < -0.39 is 11.7 Å². The Morgan fingerprint density at radius 2 is 1.83 bits per heavy atom. The minimum Gasteiger partial charge on any atom is -0.392 e. The number of aliphatic hydroxyl groups excluding tert-OH is 1. The first-order valence-electron chi connectivity index (χ1n) is 8.03. The zero-order valence-electron chi connectivity index (χ0n) is 13.4. The molecule has 0 saturated carbocycles. The van der Waals surface area contributed by atoms with Gasteiger partial charge in [0.1, 0.15) is 0 Å². The lowest BCUT2D eigenvalue weighted by Crippen LogP contribution is -2.40. The molecule has 0 radical (unpaired) electrons. The second kappa shape index (κ2) is 8.13. The summed E-state index contributed by atoms with van der Waals surface area (Å²) in [6.07, 6.45) is -1.91. The summed E-state index contributed by atoms with van der Waals surface area (Å²) in [6.45, 7) is 4.82. The van der Waals surface area contributed by atoms with Gasteiger partial charge in [-0.25, -0.2) is 0 Å². The lowest BCUT2D eigenvalue weighted by atomic mass is 10.1. The standard InChI is InChI=1S/C17H24F3NO2/c1-13(22)12-21-9-6-16(7-10-21)23-11-8-14-2-4-15(5-3-14)17(18,19)20/h2-5,13,16,22H,6-12H2,1H3. The van der Waals surface area contributed by atoms with Gasteiger partial charge >= 0.3 is 6.18 Å². The van der Waals surface area contributed by atoms with Crippen LogP contribution in [0, 0.1) is 0 Å². The third kappa shape index (κ3) is 6.12. The van der Waals surface area contributed by atoms with Gasteiger partial charge in [0.05, 0.1) is 24.4 Å². The molecule has 1 heterocycles. The Labute approximate surface area is 135 Å². The SMILES string of the molecule is CC(O)CN1CCC(OCCc2ccc(C(F)(F)F)cc2)CC1. The number of likely N-dealkylation sites (tertiary alicyclic amines) is 1. The van der Waals surface area contributed by atoms with Crippen LogP contribution in [0.1, 0.15) is 30.9 Å². The van der Waals surface area contributed by atoms with Crippen LogP contribution in [-0.2, 0) is 17.3 Å². The van der Waals surface area contributed by atoms with Crippen LogP contribution in [0.15, 0.2) is 24.3 Å². The maximum absolute atomic E-state index is 12.5. The van der Waals surface area contributed by atoms with Gasteiger partial charge in [-0.3, -0.25) is 0 Å². The van der Waals surface area contributed by atoms with E-state index in [-0.39, 0.29) is 12.2 Å². The largest absolute Gasteiger partial charge is 0.416 e. The fraction of sp³-hybridized carbons (Fsp3) is 0.647. The van der Waals surface area contributed by atoms with Crippen LogP contribution >= 0.6 is 0 Å². The molecule has 0 spiro atoms. The molecule has 3 nitrogen and oxygen atoms in total. The van der Waals surface area contributed by atoms with E-state index in [9.17, 15) is 18.3 Å². The van der Waals surface area contributed by atoms with Gasteiger partial charge in [0.25, 0.3) is 0 Å². The van der Waals surface area contributed by atoms with E-state index in [2.05, 4.69) is 4.90 Å². The van der Waals surface area contributed by atoms with Crippen molar-refractivity contribution in [2.45, 2.75) is 44.6 Å². The molecule has 0 aliphatic carbocycles. The van der Waals surface area contributed by atoms with Gasteiger partial charge in [-0.15, -0.1) is 0 Å². The Kier molecular flexibility index (Phi) is 6.44. The number of hydrogen-bond donors (Lipinski definition) is 1. The van der Waals surface area contributed by atoms with Crippen molar-refractivity contribution < 1.29 is 23.0 Å². The van der Waals surface area contributed by atoms with Crippen LogP contribution in [0.3, 0.4) is 0 Å². The summed E-state index contributed by atoms with van der Waals surface area (Å²) in [7, 11) is 0. The highest BCUT2D eigenvalue weighted by Crippen LogP contribution is 2.29. The van der Waals surface area contributed by atoms with Gasteiger partial charge in [-0.2, -0.15) is 13.2 Å². The van der Waals surface area contributed by atoms with Gasteiger partial charge < -0.3 is 14.7 Å². The van der Waals surface area contributed by atoms with E-state index in [1.807, 2.05) is 0 Å². The Morgan fingerprint density at radius 1 is 1.22 bits per heavy atom. The first kappa shape index (κ1) is 18.2. The first-order valence-corrected chi connectivity index (χ1v) is 8.03. The molecule has 6 heteroatoms. The number of benzene rings is 1. The molecule has 1 fully saturated rings. The summed E-state index contributed by atoms with van der Waals surface area (Å²) in [5, 5.41) is 9.36. The average molecular weight is 331 g/mol. The zero-order chi connectivity index (χ0) is 16.9. The van der Waals surface area contributed by atoms with E-state index in [1.165, 1.54) is 12.1 Å². The molecule has 1 aromatic rings. The molecule has 23 heavy (non-hydrogen) atoms. The highest BCUT2D eigenvalue weighted by atomic mass is 19.4. The average Bonchev–Trinajstić information content (AvgIpc) is 2.48. The maximum Gasteiger partial charge on any atom is 0.416 e. The number of alkyl halides is 3. The van der Waals surface area contributed by atoms with E-state index in [4.69, 9.17) is 4.74 Å². The minimum absolute atomic E-state index is 0.203. The van der Waals surface area contributed by atoms with Crippen molar-refractivity contribution in [1.29, 1.82) is 0 Å². The number of aliphatic hydroxyl groups is 1. The molecule has 1 saturated heterocycles. The smallest absolute Gasteiger partial charge is 0.392 e. The van der Waals surface area contributed by atoms with Crippen LogP contribution in [0.25, 0.3) is 0 Å². The maximum atomic E-state index is 12.5. The molecular formula is C17H24F3NO2. The van der Waals surface area contributed by atoms with Crippen molar-refractivity contribution in [3.05, 3.63) is 35.4 Å². The first-order chi connectivity index (χ1) is 10.8. The fourth-order valence-electron chi connectivity index (χ4n) is 2.84. The van der Waals surface area contributed by atoms with Gasteiger partial charge in [-0.1, -0.05) is 12.1 Å². The van der Waals surface area contributed by atoms with Gasteiger partial charge in [0.15, 0.2) is 0 Å². The number of rotatable bonds is 6. The van der Waals surface area contributed by atoms with Gasteiger partial charge in [-0.05, 0) is 43.9 Å². The van der Waals surface area contributed by atoms with Crippen molar-refractivity contribution in [3.63, 3.8) is 0 Å². The quantitative estimate of drug-likeness (QED) is 0.869. The highest BCUT2D eigenvalue weighted by molar-refractivity contribution is 5.24. The Hall–Kier alpha value is -1.11. The van der Waals surface area contributed by atoms with Crippen LogP contribution in [0.2, 0.25) is 0 Å². The molecule has 2 rings (SSSR count). The summed E-state index contributed by atoms with van der Waals surface area (Å²) >= 11 is 0. The third-order valence-electron chi connectivity index (χ3n) is 4.08. The predicted octanol–water partition coefficient (Wildman–Crippen LogP) is 3.11. The van der Waals surface area contributed by atoms with Crippen LogP contribution in [0.4, 0.5) is 13.2 Å². The Bertz CT molecular complexity index is 466. The Balaban J connectivity index is 1.68. The van der Waals surface area contributed by atoms with Crippen LogP contribution < -0.4 is 0 Å². The predicted molar refractivity (Wildman–Crippen MR) is 82.2 cm³/mol. The monoisotopic (exact) mass is 331 g/mol. The lowest BCUT2D eigenvalue weighted by Gasteiger charge is -2.32. The van der Waals surface area contributed by atoms with Crippen LogP contribution in [0.5, 0.6) is 0 Å². The molecule has 1 atom stereocenters. The number of piperidine rings is 1. The van der Waals surface area contributed by atoms with E-state index in [0.29, 0.717) is 19.6 Å². The van der Waals surface area contributed by atoms with Crippen molar-refractivity contribution in [2.24, 2.45) is 0 Å². The number of nitrogens with zero attached hydrogens (tertiary/aromatic N) is 1. The molecule has 1 aromatic carbocycles. The molecule has 0 amide bonds. The molecule has 1 unspecified atom stereocenters. The molecule has 1 aliphatic rings. The van der Waals surface area contributed by atoms with Gasteiger partial charge in [0.2, 0.25) is 0 Å². The normalized spacial score (nSPS) is 19.0. The van der Waals surface area contributed by atoms with Crippen molar-refractivity contribution >= 4 is 0 Å². The number of hydrogen-bond acceptors (Lipinski definition) is 3. The molecule has 1 N–H and O–H groups in total. The number of β-amino-alcohol motifs (C(OH)–C–C–N with tert-alkyl or cyclic N) is 1. The fourth-order valence-corrected chi connectivity index (χ4v) is 2.84. The van der Waals surface area contributed by atoms with Gasteiger partial charge in [0, 0.05) is 19.6 Å². The number of halogens is 3. The molecule has 1 aliphatic heterocycles. The summed E-state index contributed by atoms with van der Waals surface area (Å²) < 4.78 is 43.3. The lowest BCUT2D eigenvalue weighted by molar-refractivity contribution is -0.137. The summed E-state index contributed by atoms with van der Waals surface area (Å²) in [5.41, 5.74) is 0.234. The molecule has 0 aromatic heterocycles. The van der Waals surface area contributed by atoms with Crippen molar-refractivity contribution in [1.82, 2.24) is 4.90 Å². The summed E-state index contributed by atoms with van der Waals surface area (Å²) in [6, 6.07) is 5.25. The molecule has 0 bridgehead atoms. The molecular weight excluding hydrogens is 307 g/mol.